The Morgan fingerprint density at radius 2 is 1.38 bits per heavy atom. The van der Waals surface area contributed by atoms with E-state index in [9.17, 15) is 9.59 Å². The zero-order chi connectivity index (χ0) is 22.2. The van der Waals surface area contributed by atoms with Crippen molar-refractivity contribution in [3.8, 4) is 16.9 Å². The maximum atomic E-state index is 12.5. The molecule has 32 heavy (non-hydrogen) atoms. The number of ether oxygens (including phenoxy) is 1. The van der Waals surface area contributed by atoms with Gasteiger partial charge < -0.3 is 15.4 Å². The van der Waals surface area contributed by atoms with Crippen molar-refractivity contribution in [1.29, 1.82) is 0 Å². The van der Waals surface area contributed by atoms with Crippen LogP contribution in [0.1, 0.15) is 10.4 Å². The summed E-state index contributed by atoms with van der Waals surface area (Å²) < 4.78 is 5.65. The van der Waals surface area contributed by atoms with Crippen LogP contribution in [-0.2, 0) is 4.79 Å². The molecule has 0 radical (unpaired) electrons. The fourth-order valence-electron chi connectivity index (χ4n) is 3.25. The lowest BCUT2D eigenvalue weighted by Gasteiger charge is -2.12. The molecule has 0 heterocycles. The predicted molar refractivity (Wildman–Crippen MR) is 127 cm³/mol. The van der Waals surface area contributed by atoms with Crippen molar-refractivity contribution >= 4 is 23.2 Å². The zero-order valence-electron chi connectivity index (χ0n) is 17.3. The van der Waals surface area contributed by atoms with Crippen LogP contribution >= 0.6 is 0 Å². The SMILES string of the molecule is O=C(COc1cccc(NC(=O)c2ccccc2)c1)Nc1ccccc1-c1ccccc1. The molecular weight excluding hydrogens is 400 g/mol. The second-order valence-electron chi connectivity index (χ2n) is 7.10. The molecule has 0 saturated heterocycles. The van der Waals surface area contributed by atoms with Crippen LogP contribution in [0.3, 0.4) is 0 Å². The van der Waals surface area contributed by atoms with Gasteiger partial charge in [0.25, 0.3) is 11.8 Å². The lowest BCUT2D eigenvalue weighted by Crippen LogP contribution is -2.20. The number of rotatable bonds is 7. The van der Waals surface area contributed by atoms with Gasteiger partial charge >= 0.3 is 0 Å². The van der Waals surface area contributed by atoms with Crippen molar-refractivity contribution < 1.29 is 14.3 Å². The number of carbonyl (C=O) groups excluding carboxylic acids is 2. The number of hydrogen-bond donors (Lipinski definition) is 2. The maximum absolute atomic E-state index is 12.5. The Bertz CT molecular complexity index is 1210. The average molecular weight is 422 g/mol. The van der Waals surface area contributed by atoms with E-state index < -0.39 is 0 Å². The minimum Gasteiger partial charge on any atom is -0.484 e. The quantitative estimate of drug-likeness (QED) is 0.406. The van der Waals surface area contributed by atoms with Gasteiger partial charge in [0.2, 0.25) is 0 Å². The highest BCUT2D eigenvalue weighted by Gasteiger charge is 2.10. The van der Waals surface area contributed by atoms with Crippen LogP contribution in [0.4, 0.5) is 11.4 Å². The number of carbonyl (C=O) groups is 2. The Morgan fingerprint density at radius 3 is 2.16 bits per heavy atom. The van der Waals surface area contributed by atoms with Crippen molar-refractivity contribution in [1.82, 2.24) is 0 Å². The van der Waals surface area contributed by atoms with Gasteiger partial charge in [0.05, 0.1) is 0 Å². The first-order valence-electron chi connectivity index (χ1n) is 10.2. The smallest absolute Gasteiger partial charge is 0.262 e. The van der Waals surface area contributed by atoms with Crippen LogP contribution in [0.25, 0.3) is 11.1 Å². The third kappa shape index (κ3) is 5.40. The van der Waals surface area contributed by atoms with Crippen LogP contribution in [0, 0.1) is 0 Å². The summed E-state index contributed by atoms with van der Waals surface area (Å²) in [6.45, 7) is -0.154. The number of hydrogen-bond acceptors (Lipinski definition) is 3. The molecule has 0 bridgehead atoms. The standard InChI is InChI=1S/C27H22N2O3/c30-26(29-25-17-8-7-16-24(25)20-10-3-1-4-11-20)19-32-23-15-9-14-22(18-23)28-27(31)21-12-5-2-6-13-21/h1-18H,19H2,(H,28,31)(H,29,30). The highest BCUT2D eigenvalue weighted by molar-refractivity contribution is 6.04. The number of anilines is 2. The largest absolute Gasteiger partial charge is 0.484 e. The van der Waals surface area contributed by atoms with Gasteiger partial charge in [-0.05, 0) is 35.9 Å². The molecule has 4 aromatic rings. The number of para-hydroxylation sites is 1. The highest BCUT2D eigenvalue weighted by atomic mass is 16.5. The van der Waals surface area contributed by atoms with E-state index in [0.29, 0.717) is 17.0 Å². The normalized spacial score (nSPS) is 10.2. The van der Waals surface area contributed by atoms with Crippen molar-refractivity contribution in [3.05, 3.63) is 115 Å². The lowest BCUT2D eigenvalue weighted by molar-refractivity contribution is -0.118. The summed E-state index contributed by atoms with van der Waals surface area (Å²) in [7, 11) is 0. The van der Waals surface area contributed by atoms with Crippen LogP contribution in [0.15, 0.2) is 109 Å². The first-order valence-corrected chi connectivity index (χ1v) is 10.2. The molecule has 0 atom stereocenters. The summed E-state index contributed by atoms with van der Waals surface area (Å²) in [5.74, 6) is 0.00692. The van der Waals surface area contributed by atoms with Gasteiger partial charge in [-0.3, -0.25) is 9.59 Å². The Morgan fingerprint density at radius 1 is 0.688 bits per heavy atom. The van der Waals surface area contributed by atoms with E-state index in [0.717, 1.165) is 16.8 Å². The van der Waals surface area contributed by atoms with E-state index in [2.05, 4.69) is 10.6 Å². The number of benzene rings is 4. The van der Waals surface area contributed by atoms with E-state index in [1.807, 2.05) is 72.8 Å². The molecule has 4 rings (SSSR count). The summed E-state index contributed by atoms with van der Waals surface area (Å²) in [5, 5.41) is 5.75. The van der Waals surface area contributed by atoms with Crippen molar-refractivity contribution in [3.63, 3.8) is 0 Å². The van der Waals surface area contributed by atoms with Gasteiger partial charge in [-0.25, -0.2) is 0 Å². The molecule has 0 aliphatic rings. The van der Waals surface area contributed by atoms with E-state index in [4.69, 9.17) is 4.74 Å². The monoisotopic (exact) mass is 422 g/mol. The van der Waals surface area contributed by atoms with Crippen LogP contribution in [0.2, 0.25) is 0 Å². The summed E-state index contributed by atoms with van der Waals surface area (Å²) in [5.41, 5.74) is 3.83. The Balaban J connectivity index is 1.37. The molecule has 0 aliphatic heterocycles. The van der Waals surface area contributed by atoms with Gasteiger partial charge in [-0.15, -0.1) is 0 Å². The number of amides is 2. The van der Waals surface area contributed by atoms with Crippen LogP contribution in [-0.4, -0.2) is 18.4 Å². The highest BCUT2D eigenvalue weighted by Crippen LogP contribution is 2.27. The molecule has 2 amide bonds. The molecule has 2 N–H and O–H groups in total. The van der Waals surface area contributed by atoms with E-state index in [1.165, 1.54) is 0 Å². The second-order valence-corrected chi connectivity index (χ2v) is 7.10. The summed E-state index contributed by atoms with van der Waals surface area (Å²) in [4.78, 5) is 24.8. The van der Waals surface area contributed by atoms with Gasteiger partial charge in [0.1, 0.15) is 5.75 Å². The first kappa shape index (κ1) is 20.9. The molecule has 0 aromatic heterocycles. The molecule has 0 saturated carbocycles. The molecule has 0 fully saturated rings. The van der Waals surface area contributed by atoms with E-state index in [-0.39, 0.29) is 18.4 Å². The molecule has 158 valence electrons. The molecule has 0 unspecified atom stereocenters. The number of nitrogens with one attached hydrogen (secondary N) is 2. The van der Waals surface area contributed by atoms with Crippen LogP contribution < -0.4 is 15.4 Å². The van der Waals surface area contributed by atoms with Crippen LogP contribution in [0.5, 0.6) is 5.75 Å². The van der Waals surface area contributed by atoms with Crippen molar-refractivity contribution in [2.45, 2.75) is 0 Å². The summed E-state index contributed by atoms with van der Waals surface area (Å²) >= 11 is 0. The van der Waals surface area contributed by atoms with Gasteiger partial charge in [0.15, 0.2) is 6.61 Å². The third-order valence-corrected chi connectivity index (χ3v) is 4.78. The molecule has 5 nitrogen and oxygen atoms in total. The molecular formula is C27H22N2O3. The van der Waals surface area contributed by atoms with Crippen molar-refractivity contribution in [2.75, 3.05) is 17.2 Å². The molecule has 5 heteroatoms. The minimum absolute atomic E-state index is 0.154. The van der Waals surface area contributed by atoms with E-state index >= 15 is 0 Å². The Kier molecular flexibility index (Phi) is 6.58. The first-order chi connectivity index (χ1) is 15.7. The Labute approximate surface area is 186 Å². The summed E-state index contributed by atoms with van der Waals surface area (Å²) in [6, 6.07) is 33.4. The third-order valence-electron chi connectivity index (χ3n) is 4.78. The molecule has 0 aliphatic carbocycles. The fraction of sp³-hybridized carbons (Fsp3) is 0.0370. The minimum atomic E-state index is -0.271. The summed E-state index contributed by atoms with van der Waals surface area (Å²) in [6.07, 6.45) is 0. The van der Waals surface area contributed by atoms with Gasteiger partial charge in [0, 0.05) is 28.6 Å². The van der Waals surface area contributed by atoms with Gasteiger partial charge in [-0.1, -0.05) is 72.8 Å². The second kappa shape index (κ2) is 10.1. The molecule has 0 spiro atoms. The van der Waals surface area contributed by atoms with Crippen molar-refractivity contribution in [2.24, 2.45) is 0 Å². The molecule has 4 aromatic carbocycles. The van der Waals surface area contributed by atoms with Gasteiger partial charge in [-0.2, -0.15) is 0 Å². The zero-order valence-corrected chi connectivity index (χ0v) is 17.3. The predicted octanol–water partition coefficient (Wildman–Crippen LogP) is 5.62. The lowest BCUT2D eigenvalue weighted by atomic mass is 10.0. The van der Waals surface area contributed by atoms with E-state index in [1.54, 1.807) is 36.4 Å². The Hall–Kier alpha value is -4.38. The topological polar surface area (TPSA) is 67.4 Å². The fourth-order valence-corrected chi connectivity index (χ4v) is 3.25. The average Bonchev–Trinajstić information content (AvgIpc) is 2.84. The maximum Gasteiger partial charge on any atom is 0.262 e.